The zero-order valence-corrected chi connectivity index (χ0v) is 12.5. The van der Waals surface area contributed by atoms with E-state index in [0.29, 0.717) is 4.88 Å². The SMILES string of the molecule is CCc1nn(-c2ccc(OC)cc2)c2sc(C(=O)O)cc12. The van der Waals surface area contributed by atoms with Crippen molar-refractivity contribution in [2.75, 3.05) is 7.11 Å². The van der Waals surface area contributed by atoms with E-state index in [2.05, 4.69) is 5.10 Å². The van der Waals surface area contributed by atoms with Crippen LogP contribution < -0.4 is 4.74 Å². The van der Waals surface area contributed by atoms with Gasteiger partial charge in [0, 0.05) is 5.39 Å². The van der Waals surface area contributed by atoms with E-state index in [1.54, 1.807) is 17.9 Å². The van der Waals surface area contributed by atoms with Gasteiger partial charge in [-0.3, -0.25) is 0 Å². The fourth-order valence-electron chi connectivity index (χ4n) is 2.23. The van der Waals surface area contributed by atoms with Gasteiger partial charge < -0.3 is 9.84 Å². The third-order valence-corrected chi connectivity index (χ3v) is 4.40. The maximum absolute atomic E-state index is 11.2. The lowest BCUT2D eigenvalue weighted by atomic mass is 10.2. The topological polar surface area (TPSA) is 64.4 Å². The standard InChI is InChI=1S/C15H14N2O3S/c1-3-12-11-8-13(15(18)19)21-14(11)17(16-12)9-4-6-10(20-2)7-5-9/h4-8H,3H2,1-2H3,(H,18,19). The van der Waals surface area contributed by atoms with Crippen molar-refractivity contribution in [2.45, 2.75) is 13.3 Å². The summed E-state index contributed by atoms with van der Waals surface area (Å²) in [5, 5.41) is 14.7. The number of fused-ring (bicyclic) bond motifs is 1. The van der Waals surface area contributed by atoms with Gasteiger partial charge in [0.1, 0.15) is 15.5 Å². The van der Waals surface area contributed by atoms with Gasteiger partial charge in [0.25, 0.3) is 0 Å². The minimum Gasteiger partial charge on any atom is -0.497 e. The molecule has 3 rings (SSSR count). The molecule has 6 heteroatoms. The van der Waals surface area contributed by atoms with Gasteiger partial charge in [0.2, 0.25) is 0 Å². The largest absolute Gasteiger partial charge is 0.497 e. The number of hydrogen-bond acceptors (Lipinski definition) is 4. The molecule has 0 aliphatic rings. The van der Waals surface area contributed by atoms with Crippen LogP contribution in [0, 0.1) is 0 Å². The first-order valence-electron chi connectivity index (χ1n) is 6.53. The first-order chi connectivity index (χ1) is 10.1. The summed E-state index contributed by atoms with van der Waals surface area (Å²) in [7, 11) is 1.62. The Labute approximate surface area is 125 Å². The number of aromatic carboxylic acids is 1. The van der Waals surface area contributed by atoms with Gasteiger partial charge in [-0.2, -0.15) is 5.10 Å². The molecule has 21 heavy (non-hydrogen) atoms. The van der Waals surface area contributed by atoms with E-state index in [-0.39, 0.29) is 0 Å². The number of ether oxygens (including phenoxy) is 1. The highest BCUT2D eigenvalue weighted by molar-refractivity contribution is 7.20. The number of rotatable bonds is 4. The van der Waals surface area contributed by atoms with Crippen LogP contribution in [0.4, 0.5) is 0 Å². The molecule has 0 radical (unpaired) electrons. The van der Waals surface area contributed by atoms with Crippen molar-refractivity contribution in [1.82, 2.24) is 9.78 Å². The highest BCUT2D eigenvalue weighted by Crippen LogP contribution is 2.31. The average Bonchev–Trinajstić information content (AvgIpc) is 3.06. The Morgan fingerprint density at radius 2 is 2.10 bits per heavy atom. The number of aromatic nitrogens is 2. The molecule has 108 valence electrons. The second kappa shape index (κ2) is 5.21. The molecule has 0 spiro atoms. The molecule has 2 aromatic heterocycles. The maximum Gasteiger partial charge on any atom is 0.345 e. The number of hydrogen-bond donors (Lipinski definition) is 1. The van der Waals surface area contributed by atoms with Crippen LogP contribution in [0.3, 0.4) is 0 Å². The number of carboxylic acid groups (broad SMARTS) is 1. The number of carbonyl (C=O) groups is 1. The fourth-order valence-corrected chi connectivity index (χ4v) is 3.22. The molecule has 0 aliphatic heterocycles. The molecule has 0 bridgehead atoms. The van der Waals surface area contributed by atoms with Crippen LogP contribution >= 0.6 is 11.3 Å². The number of nitrogens with zero attached hydrogens (tertiary/aromatic N) is 2. The molecule has 0 aliphatic carbocycles. The first kappa shape index (κ1) is 13.6. The fraction of sp³-hybridized carbons (Fsp3) is 0.200. The van der Waals surface area contributed by atoms with Crippen molar-refractivity contribution in [3.63, 3.8) is 0 Å². The Kier molecular flexibility index (Phi) is 3.39. The zero-order valence-electron chi connectivity index (χ0n) is 11.7. The summed E-state index contributed by atoms with van der Waals surface area (Å²) in [6, 6.07) is 9.24. The van der Waals surface area contributed by atoms with Crippen molar-refractivity contribution in [1.29, 1.82) is 0 Å². The predicted molar refractivity (Wildman–Crippen MR) is 81.8 cm³/mol. The van der Waals surface area contributed by atoms with E-state index < -0.39 is 5.97 Å². The number of benzene rings is 1. The molecule has 0 unspecified atom stereocenters. The minimum absolute atomic E-state index is 0.333. The van der Waals surface area contributed by atoms with E-state index in [9.17, 15) is 4.79 Å². The van der Waals surface area contributed by atoms with Gasteiger partial charge in [-0.1, -0.05) is 6.92 Å². The van der Waals surface area contributed by atoms with Crippen molar-refractivity contribution in [3.05, 3.63) is 40.9 Å². The van der Waals surface area contributed by atoms with Crippen LogP contribution in [-0.4, -0.2) is 28.0 Å². The van der Waals surface area contributed by atoms with E-state index in [4.69, 9.17) is 9.84 Å². The van der Waals surface area contributed by atoms with Gasteiger partial charge in [-0.15, -0.1) is 11.3 Å². The summed E-state index contributed by atoms with van der Waals surface area (Å²) in [6.45, 7) is 2.01. The van der Waals surface area contributed by atoms with Gasteiger partial charge in [0.15, 0.2) is 0 Å². The molecule has 2 heterocycles. The summed E-state index contributed by atoms with van der Waals surface area (Å²) in [6.07, 6.45) is 0.759. The maximum atomic E-state index is 11.2. The third kappa shape index (κ3) is 2.27. The third-order valence-electron chi connectivity index (χ3n) is 3.30. The van der Waals surface area contributed by atoms with E-state index in [1.165, 1.54) is 11.3 Å². The van der Waals surface area contributed by atoms with Gasteiger partial charge in [0.05, 0.1) is 18.5 Å². The van der Waals surface area contributed by atoms with Gasteiger partial charge >= 0.3 is 5.97 Å². The lowest BCUT2D eigenvalue weighted by molar-refractivity contribution is 0.0702. The molecule has 3 aromatic rings. The van der Waals surface area contributed by atoms with Gasteiger partial charge in [-0.25, -0.2) is 9.48 Å². The van der Waals surface area contributed by atoms with Crippen LogP contribution in [0.15, 0.2) is 30.3 Å². The van der Waals surface area contributed by atoms with Gasteiger partial charge in [-0.05, 0) is 36.8 Å². The van der Waals surface area contributed by atoms with Crippen molar-refractivity contribution in [3.8, 4) is 11.4 Å². The predicted octanol–water partition coefficient (Wildman–Crippen LogP) is 3.36. The van der Waals surface area contributed by atoms with Crippen LogP contribution in [0.2, 0.25) is 0 Å². The number of aryl methyl sites for hydroxylation is 1. The van der Waals surface area contributed by atoms with E-state index in [1.807, 2.05) is 31.2 Å². The number of carboxylic acids is 1. The van der Waals surface area contributed by atoms with Crippen molar-refractivity contribution < 1.29 is 14.6 Å². The first-order valence-corrected chi connectivity index (χ1v) is 7.35. The Balaban J connectivity index is 2.18. The summed E-state index contributed by atoms with van der Waals surface area (Å²) in [5.41, 5.74) is 1.80. The zero-order chi connectivity index (χ0) is 15.0. The Morgan fingerprint density at radius 1 is 1.38 bits per heavy atom. The molecule has 0 amide bonds. The van der Waals surface area contributed by atoms with Crippen LogP contribution in [-0.2, 0) is 6.42 Å². The molecule has 1 aromatic carbocycles. The molecule has 0 saturated carbocycles. The molecule has 5 nitrogen and oxygen atoms in total. The summed E-state index contributed by atoms with van der Waals surface area (Å²) < 4.78 is 6.95. The smallest absolute Gasteiger partial charge is 0.345 e. The Hall–Kier alpha value is -2.34. The molecular formula is C15H14N2O3S. The second-order valence-electron chi connectivity index (χ2n) is 4.54. The van der Waals surface area contributed by atoms with E-state index >= 15 is 0 Å². The van der Waals surface area contributed by atoms with E-state index in [0.717, 1.165) is 33.8 Å². The summed E-state index contributed by atoms with van der Waals surface area (Å²) >= 11 is 1.24. The second-order valence-corrected chi connectivity index (χ2v) is 5.58. The van der Waals surface area contributed by atoms with Crippen LogP contribution in [0.5, 0.6) is 5.75 Å². The minimum atomic E-state index is -0.903. The molecule has 1 N–H and O–H groups in total. The lowest BCUT2D eigenvalue weighted by Gasteiger charge is -2.04. The van der Waals surface area contributed by atoms with Crippen LogP contribution in [0.1, 0.15) is 22.3 Å². The van der Waals surface area contributed by atoms with Crippen LogP contribution in [0.25, 0.3) is 15.9 Å². The van der Waals surface area contributed by atoms with Crippen molar-refractivity contribution in [2.24, 2.45) is 0 Å². The highest BCUT2D eigenvalue weighted by atomic mass is 32.1. The molecule has 0 saturated heterocycles. The monoisotopic (exact) mass is 302 g/mol. The molecule has 0 atom stereocenters. The van der Waals surface area contributed by atoms with Crippen molar-refractivity contribution >= 4 is 27.5 Å². The average molecular weight is 302 g/mol. The Morgan fingerprint density at radius 3 is 2.67 bits per heavy atom. The number of methoxy groups -OCH3 is 1. The number of thiophene rings is 1. The summed E-state index contributed by atoms with van der Waals surface area (Å²) in [4.78, 5) is 12.4. The normalized spacial score (nSPS) is 11.0. The summed E-state index contributed by atoms with van der Waals surface area (Å²) in [5.74, 6) is -0.130. The molecular weight excluding hydrogens is 288 g/mol. The quantitative estimate of drug-likeness (QED) is 0.802. The lowest BCUT2D eigenvalue weighted by Crippen LogP contribution is -1.97. The molecule has 0 fully saturated rings. The highest BCUT2D eigenvalue weighted by Gasteiger charge is 2.17. The Bertz CT molecular complexity index is 802.